The molecule has 1 aliphatic heterocycles. The fourth-order valence-corrected chi connectivity index (χ4v) is 2.64. The highest BCUT2D eigenvalue weighted by atomic mass is 15.2. The summed E-state index contributed by atoms with van der Waals surface area (Å²) in [4.78, 5) is 2.62. The fraction of sp³-hybridized carbons (Fsp3) is 0.625. The lowest BCUT2D eigenvalue weighted by molar-refractivity contribution is 0.184. The summed E-state index contributed by atoms with van der Waals surface area (Å²) in [5, 5.41) is 3.69. The van der Waals surface area contributed by atoms with Crippen molar-refractivity contribution < 1.29 is 0 Å². The van der Waals surface area contributed by atoms with Crippen LogP contribution < -0.4 is 5.32 Å². The van der Waals surface area contributed by atoms with E-state index < -0.39 is 0 Å². The topological polar surface area (TPSA) is 15.3 Å². The summed E-state index contributed by atoms with van der Waals surface area (Å²) in [5.41, 5.74) is 1.42. The summed E-state index contributed by atoms with van der Waals surface area (Å²) in [5.74, 6) is 0.702. The lowest BCUT2D eigenvalue weighted by Crippen LogP contribution is -2.42. The molecule has 1 aromatic rings. The van der Waals surface area contributed by atoms with Gasteiger partial charge < -0.3 is 5.32 Å². The smallest absolute Gasteiger partial charge is 0.0237 e. The third-order valence-corrected chi connectivity index (χ3v) is 4.06. The van der Waals surface area contributed by atoms with Gasteiger partial charge in [-0.1, -0.05) is 44.2 Å². The summed E-state index contributed by atoms with van der Waals surface area (Å²) in [6.07, 6.45) is 1.25. The predicted octanol–water partition coefficient (Wildman–Crippen LogP) is 2.90. The van der Waals surface area contributed by atoms with Crippen LogP contribution in [0.4, 0.5) is 0 Å². The van der Waals surface area contributed by atoms with Crippen molar-refractivity contribution in [3.05, 3.63) is 35.9 Å². The average molecular weight is 246 g/mol. The van der Waals surface area contributed by atoms with E-state index in [2.05, 4.69) is 61.3 Å². The van der Waals surface area contributed by atoms with Crippen LogP contribution in [-0.2, 0) is 6.54 Å². The fourth-order valence-electron chi connectivity index (χ4n) is 2.64. The van der Waals surface area contributed by atoms with E-state index >= 15 is 0 Å². The van der Waals surface area contributed by atoms with E-state index in [-0.39, 0.29) is 0 Å². The predicted molar refractivity (Wildman–Crippen MR) is 77.6 cm³/mol. The van der Waals surface area contributed by atoms with Crippen molar-refractivity contribution in [3.63, 3.8) is 0 Å². The van der Waals surface area contributed by atoms with Crippen molar-refractivity contribution in [2.45, 2.75) is 45.8 Å². The van der Waals surface area contributed by atoms with Gasteiger partial charge in [-0.3, -0.25) is 4.90 Å². The van der Waals surface area contributed by atoms with Crippen LogP contribution in [0.5, 0.6) is 0 Å². The maximum Gasteiger partial charge on any atom is 0.0237 e. The van der Waals surface area contributed by atoms with Gasteiger partial charge in [0, 0.05) is 25.2 Å². The number of benzene rings is 1. The second-order valence-electron chi connectivity index (χ2n) is 5.86. The molecule has 1 heterocycles. The molecule has 2 nitrogen and oxygen atoms in total. The quantitative estimate of drug-likeness (QED) is 0.882. The molecule has 1 fully saturated rings. The largest absolute Gasteiger partial charge is 0.312 e. The minimum Gasteiger partial charge on any atom is -0.312 e. The Labute approximate surface area is 111 Å². The first-order valence-electron chi connectivity index (χ1n) is 7.18. The van der Waals surface area contributed by atoms with Crippen molar-refractivity contribution >= 4 is 0 Å². The van der Waals surface area contributed by atoms with Crippen molar-refractivity contribution in [1.29, 1.82) is 0 Å². The molecule has 1 aliphatic rings. The van der Waals surface area contributed by atoms with Gasteiger partial charge in [0.1, 0.15) is 0 Å². The highest BCUT2D eigenvalue weighted by molar-refractivity contribution is 5.14. The van der Waals surface area contributed by atoms with Crippen molar-refractivity contribution in [2.24, 2.45) is 5.92 Å². The van der Waals surface area contributed by atoms with Gasteiger partial charge in [0.25, 0.3) is 0 Å². The SMILES string of the molecule is CC(C)C1CN(Cc2ccccc2)C(C)CCN1. The van der Waals surface area contributed by atoms with Crippen molar-refractivity contribution in [2.75, 3.05) is 13.1 Å². The lowest BCUT2D eigenvalue weighted by Gasteiger charge is -2.30. The van der Waals surface area contributed by atoms with Crippen LogP contribution in [0.2, 0.25) is 0 Å². The van der Waals surface area contributed by atoms with Crippen molar-refractivity contribution in [3.8, 4) is 0 Å². The molecule has 2 heteroatoms. The van der Waals surface area contributed by atoms with E-state index in [0.717, 1.165) is 19.6 Å². The first-order valence-corrected chi connectivity index (χ1v) is 7.18. The van der Waals surface area contributed by atoms with Gasteiger partial charge in [0.05, 0.1) is 0 Å². The van der Waals surface area contributed by atoms with Gasteiger partial charge >= 0.3 is 0 Å². The zero-order valence-electron chi connectivity index (χ0n) is 11.9. The van der Waals surface area contributed by atoms with Gasteiger partial charge in [-0.05, 0) is 31.4 Å². The van der Waals surface area contributed by atoms with Crippen LogP contribution in [0, 0.1) is 5.92 Å². The van der Waals surface area contributed by atoms with E-state index in [0.29, 0.717) is 18.0 Å². The monoisotopic (exact) mass is 246 g/mol. The first kappa shape index (κ1) is 13.6. The third-order valence-electron chi connectivity index (χ3n) is 4.06. The molecule has 1 aromatic carbocycles. The first-order chi connectivity index (χ1) is 8.66. The Bertz CT molecular complexity index is 347. The molecular weight excluding hydrogens is 220 g/mol. The summed E-state index contributed by atoms with van der Waals surface area (Å²) in [6, 6.07) is 12.1. The van der Waals surface area contributed by atoms with Crippen LogP contribution in [0.1, 0.15) is 32.8 Å². The van der Waals surface area contributed by atoms with Gasteiger partial charge in [0.15, 0.2) is 0 Å². The van der Waals surface area contributed by atoms with E-state index in [1.807, 2.05) is 0 Å². The Balaban J connectivity index is 2.03. The Hall–Kier alpha value is -0.860. The van der Waals surface area contributed by atoms with E-state index in [9.17, 15) is 0 Å². The summed E-state index contributed by atoms with van der Waals surface area (Å²) < 4.78 is 0. The summed E-state index contributed by atoms with van der Waals surface area (Å²) >= 11 is 0. The second-order valence-corrected chi connectivity index (χ2v) is 5.86. The minimum absolute atomic E-state index is 0.624. The third kappa shape index (κ3) is 3.56. The summed E-state index contributed by atoms with van der Waals surface area (Å²) in [6.45, 7) is 10.4. The van der Waals surface area contributed by atoms with Gasteiger partial charge in [-0.2, -0.15) is 0 Å². The van der Waals surface area contributed by atoms with Crippen LogP contribution in [0.3, 0.4) is 0 Å². The molecule has 2 atom stereocenters. The van der Waals surface area contributed by atoms with Gasteiger partial charge in [-0.25, -0.2) is 0 Å². The van der Waals surface area contributed by atoms with E-state index in [4.69, 9.17) is 0 Å². The lowest BCUT2D eigenvalue weighted by atomic mass is 10.0. The molecule has 2 unspecified atom stereocenters. The molecule has 0 bridgehead atoms. The summed E-state index contributed by atoms with van der Waals surface area (Å²) in [7, 11) is 0. The van der Waals surface area contributed by atoms with Gasteiger partial charge in [-0.15, -0.1) is 0 Å². The Morgan fingerprint density at radius 1 is 1.28 bits per heavy atom. The molecule has 0 spiro atoms. The Kier molecular flexibility index (Phi) is 4.79. The van der Waals surface area contributed by atoms with Crippen LogP contribution in [0.25, 0.3) is 0 Å². The van der Waals surface area contributed by atoms with E-state index in [1.54, 1.807) is 0 Å². The number of hydrogen-bond acceptors (Lipinski definition) is 2. The molecule has 100 valence electrons. The molecule has 0 saturated carbocycles. The molecule has 2 rings (SSSR count). The average Bonchev–Trinajstić information content (AvgIpc) is 2.54. The normalized spacial score (nSPS) is 26.2. The molecule has 0 radical (unpaired) electrons. The number of hydrogen-bond donors (Lipinski definition) is 1. The number of rotatable bonds is 3. The number of nitrogens with one attached hydrogen (secondary N) is 1. The highest BCUT2D eigenvalue weighted by Crippen LogP contribution is 2.16. The zero-order chi connectivity index (χ0) is 13.0. The molecule has 0 amide bonds. The molecule has 0 aromatic heterocycles. The zero-order valence-corrected chi connectivity index (χ0v) is 11.9. The van der Waals surface area contributed by atoms with E-state index in [1.165, 1.54) is 12.0 Å². The minimum atomic E-state index is 0.624. The molecule has 1 saturated heterocycles. The standard InChI is InChI=1S/C16H26N2/c1-13(2)16-12-18(14(3)9-10-17-16)11-15-7-5-4-6-8-15/h4-8,13-14,16-17H,9-12H2,1-3H3. The van der Waals surface area contributed by atoms with Crippen molar-refractivity contribution in [1.82, 2.24) is 10.2 Å². The Morgan fingerprint density at radius 3 is 2.67 bits per heavy atom. The Morgan fingerprint density at radius 2 is 2.00 bits per heavy atom. The van der Waals surface area contributed by atoms with Crippen LogP contribution >= 0.6 is 0 Å². The molecule has 18 heavy (non-hydrogen) atoms. The molecular formula is C16H26N2. The van der Waals surface area contributed by atoms with Gasteiger partial charge in [0.2, 0.25) is 0 Å². The van der Waals surface area contributed by atoms with Crippen LogP contribution in [-0.4, -0.2) is 30.1 Å². The molecule has 1 N–H and O–H groups in total. The maximum absolute atomic E-state index is 3.69. The molecule has 0 aliphatic carbocycles. The highest BCUT2D eigenvalue weighted by Gasteiger charge is 2.24. The van der Waals surface area contributed by atoms with Crippen LogP contribution in [0.15, 0.2) is 30.3 Å². The maximum atomic E-state index is 3.69. The second kappa shape index (κ2) is 6.35. The number of nitrogens with zero attached hydrogens (tertiary/aromatic N) is 1.